The fourth-order valence-corrected chi connectivity index (χ4v) is 2.83. The molecule has 3 rings (SSSR count). The standard InChI is InChI=1S/C19H24N4O2/c1-3-25-17-6-4-15(5-7-17)18(24)22-16-12-20-19(21-13-16)23-10-8-14(2)9-11-23/h4-7,12-14H,3,8-11H2,1-2H3,(H,22,24). The van der Waals surface area contributed by atoms with Crippen molar-refractivity contribution in [1.82, 2.24) is 9.97 Å². The van der Waals surface area contributed by atoms with E-state index in [1.807, 2.05) is 6.92 Å². The maximum atomic E-state index is 12.3. The summed E-state index contributed by atoms with van der Waals surface area (Å²) in [5, 5.41) is 2.82. The van der Waals surface area contributed by atoms with E-state index in [0.717, 1.165) is 30.7 Å². The zero-order valence-corrected chi connectivity index (χ0v) is 14.7. The summed E-state index contributed by atoms with van der Waals surface area (Å²) in [7, 11) is 0. The lowest BCUT2D eigenvalue weighted by molar-refractivity contribution is 0.102. The third-order valence-corrected chi connectivity index (χ3v) is 4.39. The Hall–Kier alpha value is -2.63. The van der Waals surface area contributed by atoms with E-state index >= 15 is 0 Å². The SMILES string of the molecule is CCOc1ccc(C(=O)Nc2cnc(N3CCC(C)CC3)nc2)cc1. The average Bonchev–Trinajstić information content (AvgIpc) is 2.64. The number of nitrogens with one attached hydrogen (secondary N) is 1. The van der Waals surface area contributed by atoms with Crippen LogP contribution in [0.15, 0.2) is 36.7 Å². The van der Waals surface area contributed by atoms with Gasteiger partial charge in [0.1, 0.15) is 5.75 Å². The van der Waals surface area contributed by atoms with Crippen LogP contribution in [0.2, 0.25) is 0 Å². The van der Waals surface area contributed by atoms with Gasteiger partial charge in [-0.1, -0.05) is 6.92 Å². The van der Waals surface area contributed by atoms with Crippen molar-refractivity contribution in [3.8, 4) is 5.75 Å². The Kier molecular flexibility index (Phi) is 5.48. The van der Waals surface area contributed by atoms with Crippen molar-refractivity contribution in [3.05, 3.63) is 42.2 Å². The van der Waals surface area contributed by atoms with Gasteiger partial charge < -0.3 is 15.0 Å². The van der Waals surface area contributed by atoms with Crippen LogP contribution in [0.1, 0.15) is 37.0 Å². The van der Waals surface area contributed by atoms with Crippen molar-refractivity contribution in [2.45, 2.75) is 26.7 Å². The van der Waals surface area contributed by atoms with Crippen LogP contribution in [0.4, 0.5) is 11.6 Å². The molecule has 6 nitrogen and oxygen atoms in total. The van der Waals surface area contributed by atoms with Crippen LogP contribution in [-0.4, -0.2) is 35.6 Å². The molecule has 0 spiro atoms. The van der Waals surface area contributed by atoms with Crippen LogP contribution >= 0.6 is 0 Å². The number of amides is 1. The molecule has 0 unspecified atom stereocenters. The first-order valence-electron chi connectivity index (χ1n) is 8.77. The molecule has 0 bridgehead atoms. The highest BCUT2D eigenvalue weighted by Crippen LogP contribution is 2.20. The molecule has 2 heterocycles. The Bertz CT molecular complexity index is 692. The van der Waals surface area contributed by atoms with Gasteiger partial charge in [0.2, 0.25) is 5.95 Å². The van der Waals surface area contributed by atoms with Crippen molar-refractivity contribution >= 4 is 17.5 Å². The van der Waals surface area contributed by atoms with E-state index in [-0.39, 0.29) is 5.91 Å². The molecule has 0 saturated carbocycles. The van der Waals surface area contributed by atoms with E-state index in [0.29, 0.717) is 17.9 Å². The van der Waals surface area contributed by atoms with Gasteiger partial charge in [-0.2, -0.15) is 0 Å². The average molecular weight is 340 g/mol. The number of nitrogens with zero attached hydrogens (tertiary/aromatic N) is 3. The minimum absolute atomic E-state index is 0.189. The van der Waals surface area contributed by atoms with Gasteiger partial charge in [0.05, 0.1) is 24.7 Å². The fraction of sp³-hybridized carbons (Fsp3) is 0.421. The van der Waals surface area contributed by atoms with Crippen LogP contribution in [0.5, 0.6) is 5.75 Å². The highest BCUT2D eigenvalue weighted by Gasteiger charge is 2.17. The third kappa shape index (κ3) is 4.47. The Morgan fingerprint density at radius 1 is 1.20 bits per heavy atom. The largest absolute Gasteiger partial charge is 0.494 e. The lowest BCUT2D eigenvalue weighted by Crippen LogP contribution is -2.34. The molecule has 1 amide bonds. The van der Waals surface area contributed by atoms with Gasteiger partial charge in [-0.15, -0.1) is 0 Å². The maximum Gasteiger partial charge on any atom is 0.255 e. The van der Waals surface area contributed by atoms with Gasteiger partial charge in [-0.25, -0.2) is 9.97 Å². The van der Waals surface area contributed by atoms with Crippen LogP contribution < -0.4 is 15.0 Å². The molecule has 0 atom stereocenters. The van der Waals surface area contributed by atoms with E-state index < -0.39 is 0 Å². The summed E-state index contributed by atoms with van der Waals surface area (Å²) in [5.74, 6) is 2.06. The second kappa shape index (κ2) is 7.96. The summed E-state index contributed by atoms with van der Waals surface area (Å²) in [6, 6.07) is 7.06. The lowest BCUT2D eigenvalue weighted by Gasteiger charge is -2.30. The lowest BCUT2D eigenvalue weighted by atomic mass is 10.00. The van der Waals surface area contributed by atoms with Gasteiger partial charge in [-0.3, -0.25) is 4.79 Å². The number of carbonyl (C=O) groups is 1. The number of hydrogen-bond acceptors (Lipinski definition) is 5. The first kappa shape index (κ1) is 17.2. The smallest absolute Gasteiger partial charge is 0.255 e. The topological polar surface area (TPSA) is 67.3 Å². The summed E-state index contributed by atoms with van der Waals surface area (Å²) in [5.41, 5.74) is 1.16. The maximum absolute atomic E-state index is 12.3. The van der Waals surface area contributed by atoms with Gasteiger partial charge in [-0.05, 0) is 49.9 Å². The number of carbonyl (C=O) groups excluding carboxylic acids is 1. The van der Waals surface area contributed by atoms with Crippen LogP contribution in [0, 0.1) is 5.92 Å². The minimum Gasteiger partial charge on any atom is -0.494 e. The molecule has 1 aliphatic rings. The van der Waals surface area contributed by atoms with Gasteiger partial charge >= 0.3 is 0 Å². The zero-order chi connectivity index (χ0) is 17.6. The molecular formula is C19H24N4O2. The molecule has 0 radical (unpaired) electrons. The van der Waals surface area contributed by atoms with E-state index in [1.54, 1.807) is 36.7 Å². The Balaban J connectivity index is 1.60. The summed E-state index contributed by atoms with van der Waals surface area (Å²) in [6.07, 6.45) is 5.65. The van der Waals surface area contributed by atoms with E-state index in [9.17, 15) is 4.79 Å². The molecule has 1 saturated heterocycles. The molecule has 25 heavy (non-hydrogen) atoms. The monoisotopic (exact) mass is 340 g/mol. The van der Waals surface area contributed by atoms with Crippen molar-refractivity contribution in [1.29, 1.82) is 0 Å². The van der Waals surface area contributed by atoms with Crippen LogP contribution in [0.25, 0.3) is 0 Å². The Morgan fingerprint density at radius 2 is 1.84 bits per heavy atom. The molecule has 2 aromatic rings. The molecule has 1 aliphatic heterocycles. The van der Waals surface area contributed by atoms with Crippen LogP contribution in [0.3, 0.4) is 0 Å². The Labute approximate surface area is 148 Å². The van der Waals surface area contributed by atoms with Crippen LogP contribution in [-0.2, 0) is 0 Å². The van der Waals surface area contributed by atoms with Crippen molar-refractivity contribution in [2.24, 2.45) is 5.92 Å². The number of anilines is 2. The minimum atomic E-state index is -0.189. The van der Waals surface area contributed by atoms with Gasteiger partial charge in [0.25, 0.3) is 5.91 Å². The Morgan fingerprint density at radius 3 is 2.44 bits per heavy atom. The van der Waals surface area contributed by atoms with E-state index in [4.69, 9.17) is 4.74 Å². The predicted molar refractivity (Wildman–Crippen MR) is 98.2 cm³/mol. The normalized spacial score (nSPS) is 15.0. The molecule has 0 aliphatic carbocycles. The number of benzene rings is 1. The molecule has 1 aromatic heterocycles. The summed E-state index contributed by atoms with van der Waals surface area (Å²) >= 11 is 0. The van der Waals surface area contributed by atoms with Crippen molar-refractivity contribution in [3.63, 3.8) is 0 Å². The van der Waals surface area contributed by atoms with E-state index in [2.05, 4.69) is 27.1 Å². The summed E-state index contributed by atoms with van der Waals surface area (Å²) < 4.78 is 5.38. The van der Waals surface area contributed by atoms with Gasteiger partial charge in [0, 0.05) is 18.7 Å². The summed E-state index contributed by atoms with van der Waals surface area (Å²) in [6.45, 7) is 6.77. The number of aromatic nitrogens is 2. The molecule has 6 heteroatoms. The highest BCUT2D eigenvalue weighted by molar-refractivity contribution is 6.04. The highest BCUT2D eigenvalue weighted by atomic mass is 16.5. The van der Waals surface area contributed by atoms with Crippen molar-refractivity contribution < 1.29 is 9.53 Å². The number of ether oxygens (including phenoxy) is 1. The molecule has 1 N–H and O–H groups in total. The predicted octanol–water partition coefficient (Wildman–Crippen LogP) is 3.36. The number of hydrogen-bond donors (Lipinski definition) is 1. The molecule has 132 valence electrons. The number of piperidine rings is 1. The first-order valence-corrected chi connectivity index (χ1v) is 8.77. The van der Waals surface area contributed by atoms with Crippen molar-refractivity contribution in [2.75, 3.05) is 29.9 Å². The number of rotatable bonds is 5. The quantitative estimate of drug-likeness (QED) is 0.904. The summed E-state index contributed by atoms with van der Waals surface area (Å²) in [4.78, 5) is 23.3. The van der Waals surface area contributed by atoms with Gasteiger partial charge in [0.15, 0.2) is 0 Å². The molecule has 1 fully saturated rings. The zero-order valence-electron chi connectivity index (χ0n) is 14.7. The second-order valence-electron chi connectivity index (χ2n) is 6.35. The fourth-order valence-electron chi connectivity index (χ4n) is 2.83. The molecular weight excluding hydrogens is 316 g/mol. The first-order chi connectivity index (χ1) is 12.2. The second-order valence-corrected chi connectivity index (χ2v) is 6.35. The third-order valence-electron chi connectivity index (χ3n) is 4.39. The molecule has 1 aromatic carbocycles. The van der Waals surface area contributed by atoms with E-state index in [1.165, 1.54) is 12.8 Å².